The first-order valence-electron chi connectivity index (χ1n) is 9.24. The van der Waals surface area contributed by atoms with Gasteiger partial charge in [0.2, 0.25) is 5.91 Å². The van der Waals surface area contributed by atoms with Gasteiger partial charge in [0.15, 0.2) is 0 Å². The monoisotopic (exact) mass is 370 g/mol. The van der Waals surface area contributed by atoms with E-state index in [1.165, 1.54) is 0 Å². The van der Waals surface area contributed by atoms with E-state index in [0.29, 0.717) is 18.9 Å². The van der Waals surface area contributed by atoms with Gasteiger partial charge >= 0.3 is 12.1 Å². The van der Waals surface area contributed by atoms with Crippen LogP contribution in [0.15, 0.2) is 0 Å². The van der Waals surface area contributed by atoms with Crippen LogP contribution in [0.1, 0.15) is 67.7 Å². The number of piperidine rings is 1. The van der Waals surface area contributed by atoms with Crippen molar-refractivity contribution in [2.75, 3.05) is 13.1 Å². The lowest BCUT2D eigenvalue weighted by atomic mass is 9.99. The van der Waals surface area contributed by atoms with Crippen molar-refractivity contribution in [3.05, 3.63) is 0 Å². The zero-order valence-electron chi connectivity index (χ0n) is 17.2. The topological polar surface area (TPSA) is 84.9 Å². The fourth-order valence-electron chi connectivity index (χ4n) is 2.76. The van der Waals surface area contributed by atoms with Gasteiger partial charge in [0, 0.05) is 19.5 Å². The van der Waals surface area contributed by atoms with Crippen LogP contribution < -0.4 is 5.32 Å². The minimum atomic E-state index is -0.643. The van der Waals surface area contributed by atoms with E-state index in [2.05, 4.69) is 12.2 Å². The zero-order valence-corrected chi connectivity index (χ0v) is 17.2. The maximum absolute atomic E-state index is 12.2. The number of esters is 1. The van der Waals surface area contributed by atoms with E-state index >= 15 is 0 Å². The van der Waals surface area contributed by atoms with E-state index in [4.69, 9.17) is 9.47 Å². The molecule has 0 aromatic carbocycles. The molecule has 7 nitrogen and oxygen atoms in total. The average Bonchev–Trinajstić information content (AvgIpc) is 2.38. The van der Waals surface area contributed by atoms with Crippen LogP contribution >= 0.6 is 0 Å². The molecular formula is C19H34N2O5. The summed E-state index contributed by atoms with van der Waals surface area (Å²) in [5, 5.41) is 2.72. The number of alkyl carbamates (subject to hydrolysis) is 1. The minimum Gasteiger partial charge on any atom is -0.460 e. The molecule has 1 aliphatic heterocycles. The molecule has 0 bridgehead atoms. The lowest BCUT2D eigenvalue weighted by molar-refractivity contribution is -0.156. The molecule has 1 N–H and O–H groups in total. The van der Waals surface area contributed by atoms with Crippen LogP contribution in [-0.2, 0) is 19.1 Å². The number of amides is 2. The zero-order chi connectivity index (χ0) is 20.1. The van der Waals surface area contributed by atoms with Crippen molar-refractivity contribution in [1.82, 2.24) is 10.2 Å². The second-order valence-corrected chi connectivity index (χ2v) is 9.08. The van der Waals surface area contributed by atoms with E-state index < -0.39 is 29.3 Å². The standard InChI is InChI=1S/C19H34N2O5/c1-13-8-9-15(22)21(11-13)12-14(10-16(23)25-18(2,3)4)20-17(24)26-19(5,6)7/h13-14H,8-12H2,1-7H3,(H,20,24)/t13-,14-/m0/s1. The summed E-state index contributed by atoms with van der Waals surface area (Å²) in [6, 6.07) is -0.561. The summed E-state index contributed by atoms with van der Waals surface area (Å²) in [7, 11) is 0. The molecule has 2 atom stereocenters. The first kappa shape index (κ1) is 22.3. The molecule has 150 valence electrons. The molecule has 0 spiro atoms. The molecule has 0 aromatic rings. The quantitative estimate of drug-likeness (QED) is 0.752. The Balaban J connectivity index is 2.78. The molecule has 0 aromatic heterocycles. The first-order valence-corrected chi connectivity index (χ1v) is 9.24. The summed E-state index contributed by atoms with van der Waals surface area (Å²) in [5.74, 6) is 0.0238. The van der Waals surface area contributed by atoms with Gasteiger partial charge in [-0.15, -0.1) is 0 Å². The van der Waals surface area contributed by atoms with Crippen molar-refractivity contribution in [2.45, 2.75) is 85.0 Å². The molecule has 1 saturated heterocycles. The Hall–Kier alpha value is -1.79. The van der Waals surface area contributed by atoms with Gasteiger partial charge in [0.25, 0.3) is 0 Å². The lowest BCUT2D eigenvalue weighted by Crippen LogP contribution is -2.50. The summed E-state index contributed by atoms with van der Waals surface area (Å²) in [6.45, 7) is 13.7. The Bertz CT molecular complexity index is 489. The molecule has 1 heterocycles. The lowest BCUT2D eigenvalue weighted by Gasteiger charge is -2.34. The number of hydrogen-bond acceptors (Lipinski definition) is 5. The van der Waals surface area contributed by atoms with Crippen molar-refractivity contribution < 1.29 is 23.9 Å². The Kier molecular flexibility index (Phi) is 7.47. The Morgan fingerprint density at radius 1 is 1.15 bits per heavy atom. The highest BCUT2D eigenvalue weighted by Crippen LogP contribution is 2.18. The van der Waals surface area contributed by atoms with Crippen molar-refractivity contribution >= 4 is 18.0 Å². The largest absolute Gasteiger partial charge is 0.460 e. The molecule has 2 amide bonds. The van der Waals surface area contributed by atoms with E-state index in [1.807, 2.05) is 0 Å². The van der Waals surface area contributed by atoms with Crippen LogP contribution in [0, 0.1) is 5.92 Å². The van der Waals surface area contributed by atoms with Crippen molar-refractivity contribution in [3.8, 4) is 0 Å². The predicted molar refractivity (Wildman–Crippen MR) is 98.6 cm³/mol. The van der Waals surface area contributed by atoms with E-state index in [0.717, 1.165) is 6.42 Å². The van der Waals surface area contributed by atoms with Gasteiger partial charge in [-0.2, -0.15) is 0 Å². The number of carbonyl (C=O) groups is 3. The smallest absolute Gasteiger partial charge is 0.407 e. The predicted octanol–water partition coefficient (Wildman–Crippen LogP) is 2.87. The molecule has 0 unspecified atom stereocenters. The number of rotatable bonds is 5. The molecule has 0 radical (unpaired) electrons. The maximum atomic E-state index is 12.2. The van der Waals surface area contributed by atoms with Gasteiger partial charge in [-0.25, -0.2) is 4.79 Å². The first-order chi connectivity index (χ1) is 11.7. The van der Waals surface area contributed by atoms with Crippen LogP contribution in [0.5, 0.6) is 0 Å². The summed E-state index contributed by atoms with van der Waals surface area (Å²) < 4.78 is 10.6. The van der Waals surface area contributed by atoms with Gasteiger partial charge in [-0.3, -0.25) is 9.59 Å². The van der Waals surface area contributed by atoms with Gasteiger partial charge in [0.05, 0.1) is 12.5 Å². The third-order valence-electron chi connectivity index (χ3n) is 3.73. The van der Waals surface area contributed by atoms with Crippen LogP contribution in [-0.4, -0.2) is 53.2 Å². The SMILES string of the molecule is C[C@H]1CCC(=O)N(C[C@H](CC(=O)OC(C)(C)C)NC(=O)OC(C)(C)C)C1. The Morgan fingerprint density at radius 2 is 1.73 bits per heavy atom. The second kappa shape index (κ2) is 8.73. The van der Waals surface area contributed by atoms with Gasteiger partial charge in [-0.1, -0.05) is 6.92 Å². The highest BCUT2D eigenvalue weighted by atomic mass is 16.6. The fraction of sp³-hybridized carbons (Fsp3) is 0.842. The molecule has 1 aliphatic rings. The van der Waals surface area contributed by atoms with Crippen LogP contribution in [0.3, 0.4) is 0 Å². The number of nitrogens with one attached hydrogen (secondary N) is 1. The normalized spacial score (nSPS) is 19.7. The number of hydrogen-bond donors (Lipinski definition) is 1. The highest BCUT2D eigenvalue weighted by molar-refractivity contribution is 5.77. The molecular weight excluding hydrogens is 336 g/mol. The van der Waals surface area contributed by atoms with Crippen molar-refractivity contribution in [1.29, 1.82) is 0 Å². The number of carbonyl (C=O) groups excluding carboxylic acids is 3. The summed E-state index contributed by atoms with van der Waals surface area (Å²) in [6.07, 6.45) is 0.732. The van der Waals surface area contributed by atoms with Crippen molar-refractivity contribution in [3.63, 3.8) is 0 Å². The van der Waals surface area contributed by atoms with Crippen molar-refractivity contribution in [2.24, 2.45) is 5.92 Å². The maximum Gasteiger partial charge on any atom is 0.407 e. The van der Waals surface area contributed by atoms with Gasteiger partial charge < -0.3 is 19.7 Å². The average molecular weight is 370 g/mol. The van der Waals surface area contributed by atoms with E-state index in [9.17, 15) is 14.4 Å². The minimum absolute atomic E-state index is 0.0192. The molecule has 26 heavy (non-hydrogen) atoms. The number of likely N-dealkylation sites (tertiary alicyclic amines) is 1. The second-order valence-electron chi connectivity index (χ2n) is 9.08. The molecule has 7 heteroatoms. The number of nitrogens with zero attached hydrogens (tertiary/aromatic N) is 1. The van der Waals surface area contributed by atoms with Gasteiger partial charge in [0.1, 0.15) is 11.2 Å². The molecule has 0 saturated carbocycles. The van der Waals surface area contributed by atoms with Crippen LogP contribution in [0.4, 0.5) is 4.79 Å². The fourth-order valence-corrected chi connectivity index (χ4v) is 2.76. The summed E-state index contributed by atoms with van der Waals surface area (Å²) in [4.78, 5) is 38.2. The van der Waals surface area contributed by atoms with E-state index in [1.54, 1.807) is 46.4 Å². The van der Waals surface area contributed by atoms with Gasteiger partial charge in [-0.05, 0) is 53.9 Å². The molecule has 1 rings (SSSR count). The summed E-state index contributed by atoms with van der Waals surface area (Å²) >= 11 is 0. The van der Waals surface area contributed by atoms with Crippen LogP contribution in [0.25, 0.3) is 0 Å². The van der Waals surface area contributed by atoms with E-state index in [-0.39, 0.29) is 18.9 Å². The Labute approximate surface area is 156 Å². The number of ether oxygens (including phenoxy) is 2. The highest BCUT2D eigenvalue weighted by Gasteiger charge is 2.29. The van der Waals surface area contributed by atoms with Crippen LogP contribution in [0.2, 0.25) is 0 Å². The third-order valence-corrected chi connectivity index (χ3v) is 3.73. The summed E-state index contributed by atoms with van der Waals surface area (Å²) in [5.41, 5.74) is -1.25. The third kappa shape index (κ3) is 9.06. The Morgan fingerprint density at radius 3 is 2.27 bits per heavy atom. The molecule has 0 aliphatic carbocycles. The molecule has 1 fully saturated rings.